The van der Waals surface area contributed by atoms with Gasteiger partial charge in [-0.2, -0.15) is 0 Å². The molecule has 2 rings (SSSR count). The predicted octanol–water partition coefficient (Wildman–Crippen LogP) is 3.68. The largest absolute Gasteiger partial charge is 0.378 e. The van der Waals surface area contributed by atoms with Crippen molar-refractivity contribution in [1.29, 1.82) is 0 Å². The van der Waals surface area contributed by atoms with Crippen molar-refractivity contribution in [3.8, 4) is 0 Å². The van der Waals surface area contributed by atoms with Gasteiger partial charge in [-0.3, -0.25) is 0 Å². The smallest absolute Gasteiger partial charge is 0.0508 e. The van der Waals surface area contributed by atoms with Crippen LogP contribution in [-0.4, -0.2) is 36.6 Å². The van der Waals surface area contributed by atoms with E-state index in [0.717, 1.165) is 25.9 Å². The van der Waals surface area contributed by atoms with Crippen LogP contribution in [-0.2, 0) is 0 Å². The van der Waals surface area contributed by atoms with E-state index in [-0.39, 0.29) is 5.54 Å². The number of hydrogen-bond acceptors (Lipinski definition) is 3. The molecule has 1 saturated heterocycles. The van der Waals surface area contributed by atoms with E-state index >= 15 is 0 Å². The Bertz CT molecular complexity index is 466. The summed E-state index contributed by atoms with van der Waals surface area (Å²) < 4.78 is 1.20. The molecule has 0 aromatic heterocycles. The maximum absolute atomic E-state index is 6.16. The van der Waals surface area contributed by atoms with E-state index in [1.54, 1.807) is 0 Å². The second-order valence-corrected chi connectivity index (χ2v) is 7.11. The molecule has 1 atom stereocenters. The van der Waals surface area contributed by atoms with Crippen molar-refractivity contribution in [3.63, 3.8) is 0 Å². The minimum absolute atomic E-state index is 0.0383. The lowest BCUT2D eigenvalue weighted by Gasteiger charge is -2.34. The molecule has 21 heavy (non-hydrogen) atoms. The molecule has 1 aromatic rings. The maximum atomic E-state index is 6.16. The summed E-state index contributed by atoms with van der Waals surface area (Å²) in [5, 5.41) is 3.77. The fraction of sp³-hybridized carbons (Fsp3) is 0.647. The van der Waals surface area contributed by atoms with Gasteiger partial charge in [0, 0.05) is 23.2 Å². The normalized spacial score (nSPS) is 23.9. The Labute approximate surface area is 137 Å². The van der Waals surface area contributed by atoms with Crippen molar-refractivity contribution in [2.75, 3.05) is 31.5 Å². The highest BCUT2D eigenvalue weighted by molar-refractivity contribution is 9.10. The third kappa shape index (κ3) is 3.99. The zero-order valence-corrected chi connectivity index (χ0v) is 15.1. The molecule has 4 heteroatoms. The van der Waals surface area contributed by atoms with Gasteiger partial charge in [-0.25, -0.2) is 0 Å². The van der Waals surface area contributed by atoms with Crippen LogP contribution in [0, 0.1) is 13.8 Å². The molecule has 3 nitrogen and oxygen atoms in total. The van der Waals surface area contributed by atoms with E-state index < -0.39 is 0 Å². The van der Waals surface area contributed by atoms with E-state index in [9.17, 15) is 0 Å². The summed E-state index contributed by atoms with van der Waals surface area (Å²) in [6, 6.07) is 4.44. The van der Waals surface area contributed by atoms with Crippen LogP contribution in [0.2, 0.25) is 0 Å². The summed E-state index contributed by atoms with van der Waals surface area (Å²) >= 11 is 3.64. The lowest BCUT2D eigenvalue weighted by Crippen LogP contribution is -2.46. The number of halogens is 1. The molecule has 1 heterocycles. The molecule has 0 aliphatic carbocycles. The zero-order chi connectivity index (χ0) is 15.5. The van der Waals surface area contributed by atoms with Crippen molar-refractivity contribution in [1.82, 2.24) is 4.90 Å². The molecular weight excluding hydrogens is 326 g/mol. The van der Waals surface area contributed by atoms with Crippen LogP contribution in [0.5, 0.6) is 0 Å². The second-order valence-electron chi connectivity index (χ2n) is 6.32. The fourth-order valence-corrected chi connectivity index (χ4v) is 3.50. The Morgan fingerprint density at radius 1 is 1.24 bits per heavy atom. The van der Waals surface area contributed by atoms with Gasteiger partial charge in [-0.1, -0.05) is 22.9 Å². The van der Waals surface area contributed by atoms with Gasteiger partial charge < -0.3 is 16.0 Å². The summed E-state index contributed by atoms with van der Waals surface area (Å²) in [5.41, 5.74) is 9.94. The van der Waals surface area contributed by atoms with Gasteiger partial charge in [0.25, 0.3) is 0 Å². The van der Waals surface area contributed by atoms with Crippen molar-refractivity contribution in [2.24, 2.45) is 5.73 Å². The quantitative estimate of drug-likeness (QED) is 0.867. The van der Waals surface area contributed by atoms with Crippen LogP contribution in [0.1, 0.15) is 37.3 Å². The molecule has 0 radical (unpaired) electrons. The molecule has 0 bridgehead atoms. The lowest BCUT2D eigenvalue weighted by molar-refractivity contribution is 0.293. The Hall–Kier alpha value is -0.580. The van der Waals surface area contributed by atoms with E-state index in [4.69, 9.17) is 5.73 Å². The number of nitrogens with zero attached hydrogens (tertiary/aromatic N) is 1. The first kappa shape index (κ1) is 16.8. The van der Waals surface area contributed by atoms with E-state index in [1.807, 2.05) is 0 Å². The molecule has 0 amide bonds. The van der Waals surface area contributed by atoms with Crippen LogP contribution in [0.25, 0.3) is 0 Å². The van der Waals surface area contributed by atoms with Crippen molar-refractivity contribution < 1.29 is 0 Å². The third-order valence-electron chi connectivity index (χ3n) is 4.72. The van der Waals surface area contributed by atoms with Crippen LogP contribution in [0.3, 0.4) is 0 Å². The number of likely N-dealkylation sites (tertiary alicyclic amines) is 1. The first-order chi connectivity index (χ1) is 9.99. The van der Waals surface area contributed by atoms with Crippen molar-refractivity contribution in [3.05, 3.63) is 27.7 Å². The molecule has 3 N–H and O–H groups in total. The number of aryl methyl sites for hydroxylation is 2. The minimum atomic E-state index is 0.0383. The average Bonchev–Trinajstić information content (AvgIpc) is 2.67. The second kappa shape index (κ2) is 7.12. The number of nitrogens with one attached hydrogen (secondary N) is 1. The highest BCUT2D eigenvalue weighted by Crippen LogP contribution is 2.30. The Kier molecular flexibility index (Phi) is 5.69. The van der Waals surface area contributed by atoms with Crippen LogP contribution >= 0.6 is 15.9 Å². The Balaban J connectivity index is 2.18. The first-order valence-electron chi connectivity index (χ1n) is 7.97. The molecule has 118 valence electrons. The maximum Gasteiger partial charge on any atom is 0.0508 e. The molecular formula is C17H28BrN3. The summed E-state index contributed by atoms with van der Waals surface area (Å²) in [5.74, 6) is 0. The van der Waals surface area contributed by atoms with Gasteiger partial charge >= 0.3 is 0 Å². The number of anilines is 1. The van der Waals surface area contributed by atoms with E-state index in [2.05, 4.69) is 59.1 Å². The highest BCUT2D eigenvalue weighted by atomic mass is 79.9. The van der Waals surface area contributed by atoms with Crippen LogP contribution in [0.4, 0.5) is 5.69 Å². The summed E-state index contributed by atoms with van der Waals surface area (Å²) in [6.07, 6.45) is 3.48. The number of nitrogens with two attached hydrogens (primary N) is 1. The fourth-order valence-electron chi connectivity index (χ4n) is 3.27. The minimum Gasteiger partial charge on any atom is -0.378 e. The molecule has 1 aliphatic rings. The van der Waals surface area contributed by atoms with Crippen LogP contribution < -0.4 is 11.1 Å². The highest BCUT2D eigenvalue weighted by Gasteiger charge is 2.31. The van der Waals surface area contributed by atoms with Gasteiger partial charge in [0.05, 0.1) is 5.54 Å². The molecule has 0 spiro atoms. The first-order valence-corrected chi connectivity index (χ1v) is 8.76. The molecule has 1 aliphatic heterocycles. The predicted molar refractivity (Wildman–Crippen MR) is 95.0 cm³/mol. The van der Waals surface area contributed by atoms with Gasteiger partial charge in [-0.05, 0) is 69.5 Å². The number of benzene rings is 1. The average molecular weight is 354 g/mol. The lowest BCUT2D eigenvalue weighted by atomic mass is 9.90. The van der Waals surface area contributed by atoms with E-state index in [1.165, 1.54) is 34.3 Å². The van der Waals surface area contributed by atoms with Gasteiger partial charge in [0.2, 0.25) is 0 Å². The van der Waals surface area contributed by atoms with Gasteiger partial charge in [0.15, 0.2) is 0 Å². The number of rotatable bonds is 4. The third-order valence-corrected chi connectivity index (χ3v) is 5.97. The number of hydrogen-bond donors (Lipinski definition) is 2. The standard InChI is InChI=1S/C17H28BrN3/c1-4-21-8-5-6-17(12-19,7-9-21)20-15-10-13(2)16(18)14(3)11-15/h10-11,20H,4-9,12,19H2,1-3H3. The summed E-state index contributed by atoms with van der Waals surface area (Å²) in [4.78, 5) is 2.52. The Morgan fingerprint density at radius 2 is 1.90 bits per heavy atom. The van der Waals surface area contributed by atoms with Crippen molar-refractivity contribution >= 4 is 21.6 Å². The summed E-state index contributed by atoms with van der Waals surface area (Å²) in [6.45, 7) is 10.7. The molecule has 1 fully saturated rings. The zero-order valence-electron chi connectivity index (χ0n) is 13.5. The SMILES string of the molecule is CCN1CCCC(CN)(Nc2cc(C)c(Br)c(C)c2)CC1. The van der Waals surface area contributed by atoms with Crippen LogP contribution in [0.15, 0.2) is 16.6 Å². The monoisotopic (exact) mass is 353 g/mol. The molecule has 0 saturated carbocycles. The summed E-state index contributed by atoms with van der Waals surface area (Å²) in [7, 11) is 0. The van der Waals surface area contributed by atoms with Gasteiger partial charge in [-0.15, -0.1) is 0 Å². The molecule has 1 unspecified atom stereocenters. The molecule has 1 aromatic carbocycles. The Morgan fingerprint density at radius 3 is 2.48 bits per heavy atom. The van der Waals surface area contributed by atoms with Gasteiger partial charge in [0.1, 0.15) is 0 Å². The topological polar surface area (TPSA) is 41.3 Å². The van der Waals surface area contributed by atoms with Crippen molar-refractivity contribution in [2.45, 2.75) is 45.6 Å². The van der Waals surface area contributed by atoms with E-state index in [0.29, 0.717) is 6.54 Å².